The van der Waals surface area contributed by atoms with Crippen LogP contribution in [0.5, 0.6) is 5.75 Å². The van der Waals surface area contributed by atoms with Crippen molar-refractivity contribution in [3.05, 3.63) is 82.8 Å². The largest absolute Gasteiger partial charge is 0.497 e. The predicted molar refractivity (Wildman–Crippen MR) is 110 cm³/mol. The molecule has 0 radical (unpaired) electrons. The van der Waals surface area contributed by atoms with E-state index in [9.17, 15) is 4.79 Å². The SMILES string of the molecule is COc1ccc([C@H]2[C@@H]3C(=O)C[C@H](c4ccc(Cl)cc4)C=C3Nc3ncnn32)cc1. The van der Waals surface area contributed by atoms with E-state index < -0.39 is 0 Å². The average Bonchev–Trinajstić information content (AvgIpc) is 3.21. The molecule has 146 valence electrons. The van der Waals surface area contributed by atoms with E-state index in [1.54, 1.807) is 11.8 Å². The number of ether oxygens (including phenoxy) is 1. The van der Waals surface area contributed by atoms with Gasteiger partial charge >= 0.3 is 0 Å². The first kappa shape index (κ1) is 17.9. The Morgan fingerprint density at radius 2 is 1.83 bits per heavy atom. The minimum absolute atomic E-state index is 0.00417. The number of aromatic nitrogens is 3. The number of methoxy groups -OCH3 is 1. The first-order valence-electron chi connectivity index (χ1n) is 9.44. The summed E-state index contributed by atoms with van der Waals surface area (Å²) < 4.78 is 7.07. The summed E-state index contributed by atoms with van der Waals surface area (Å²) in [6.07, 6.45) is 4.09. The quantitative estimate of drug-likeness (QED) is 0.705. The number of fused-ring (bicyclic) bond motifs is 2. The van der Waals surface area contributed by atoms with Gasteiger partial charge in [0.2, 0.25) is 5.95 Å². The highest BCUT2D eigenvalue weighted by Crippen LogP contribution is 2.44. The second kappa shape index (κ2) is 7.04. The van der Waals surface area contributed by atoms with Crippen LogP contribution >= 0.6 is 11.6 Å². The highest BCUT2D eigenvalue weighted by molar-refractivity contribution is 6.30. The van der Waals surface area contributed by atoms with E-state index in [-0.39, 0.29) is 23.7 Å². The molecule has 0 saturated carbocycles. The molecule has 0 bridgehead atoms. The summed E-state index contributed by atoms with van der Waals surface area (Å²) in [7, 11) is 1.64. The van der Waals surface area contributed by atoms with E-state index in [0.717, 1.165) is 22.6 Å². The first-order chi connectivity index (χ1) is 14.1. The number of ketones is 1. The lowest BCUT2D eigenvalue weighted by Gasteiger charge is -2.38. The molecule has 2 aromatic carbocycles. The molecule has 1 aromatic heterocycles. The second-order valence-corrected chi connectivity index (χ2v) is 7.74. The van der Waals surface area contributed by atoms with E-state index in [1.165, 1.54) is 6.33 Å². The van der Waals surface area contributed by atoms with Crippen molar-refractivity contribution in [3.63, 3.8) is 0 Å². The number of nitrogens with one attached hydrogen (secondary N) is 1. The molecule has 3 atom stereocenters. The Kier molecular flexibility index (Phi) is 4.36. The number of rotatable bonds is 3. The van der Waals surface area contributed by atoms with E-state index in [2.05, 4.69) is 21.5 Å². The molecule has 0 fully saturated rings. The average molecular weight is 407 g/mol. The Hall–Kier alpha value is -3.12. The summed E-state index contributed by atoms with van der Waals surface area (Å²) in [5.41, 5.74) is 2.94. The van der Waals surface area contributed by atoms with Crippen LogP contribution in [-0.4, -0.2) is 27.7 Å². The van der Waals surface area contributed by atoms with Crippen molar-refractivity contribution >= 4 is 23.3 Å². The maximum Gasteiger partial charge on any atom is 0.226 e. The lowest BCUT2D eigenvalue weighted by atomic mass is 9.76. The fourth-order valence-electron chi connectivity index (χ4n) is 4.23. The third-order valence-electron chi connectivity index (χ3n) is 5.65. The third-order valence-corrected chi connectivity index (χ3v) is 5.90. The van der Waals surface area contributed by atoms with E-state index in [0.29, 0.717) is 17.4 Å². The van der Waals surface area contributed by atoms with Gasteiger partial charge in [0.05, 0.1) is 19.1 Å². The van der Waals surface area contributed by atoms with Crippen molar-refractivity contribution in [2.75, 3.05) is 12.4 Å². The van der Waals surface area contributed by atoms with Crippen LogP contribution in [0.4, 0.5) is 5.95 Å². The second-order valence-electron chi connectivity index (χ2n) is 7.30. The number of carbonyl (C=O) groups is 1. The van der Waals surface area contributed by atoms with Gasteiger partial charge in [0.25, 0.3) is 0 Å². The molecule has 3 aromatic rings. The van der Waals surface area contributed by atoms with Gasteiger partial charge in [-0.05, 0) is 35.4 Å². The number of nitrogens with zero attached hydrogens (tertiary/aromatic N) is 3. The molecule has 0 unspecified atom stereocenters. The van der Waals surface area contributed by atoms with Gasteiger partial charge in [-0.1, -0.05) is 41.9 Å². The van der Waals surface area contributed by atoms with Gasteiger partial charge < -0.3 is 10.1 Å². The normalized spacial score (nSPS) is 22.9. The Morgan fingerprint density at radius 3 is 2.55 bits per heavy atom. The van der Waals surface area contributed by atoms with E-state index in [1.807, 2.05) is 48.5 Å². The molecule has 5 rings (SSSR count). The van der Waals surface area contributed by atoms with Crippen LogP contribution in [0.3, 0.4) is 0 Å². The Morgan fingerprint density at radius 1 is 1.10 bits per heavy atom. The molecule has 1 aliphatic heterocycles. The van der Waals surface area contributed by atoms with Crippen molar-refractivity contribution < 1.29 is 9.53 Å². The van der Waals surface area contributed by atoms with Gasteiger partial charge in [-0.2, -0.15) is 10.1 Å². The number of anilines is 1. The molecular formula is C22H19ClN4O2. The van der Waals surface area contributed by atoms with E-state index >= 15 is 0 Å². The molecule has 6 nitrogen and oxygen atoms in total. The van der Waals surface area contributed by atoms with Crippen molar-refractivity contribution in [1.29, 1.82) is 0 Å². The molecule has 2 heterocycles. The van der Waals surface area contributed by atoms with Gasteiger partial charge in [0, 0.05) is 23.1 Å². The topological polar surface area (TPSA) is 69.0 Å². The lowest BCUT2D eigenvalue weighted by molar-refractivity contribution is -0.123. The zero-order valence-electron chi connectivity index (χ0n) is 15.7. The van der Waals surface area contributed by atoms with Crippen LogP contribution in [0.2, 0.25) is 5.02 Å². The lowest BCUT2D eigenvalue weighted by Crippen LogP contribution is -2.40. The summed E-state index contributed by atoms with van der Waals surface area (Å²) >= 11 is 6.02. The van der Waals surface area contributed by atoms with Crippen LogP contribution in [-0.2, 0) is 4.79 Å². The summed E-state index contributed by atoms with van der Waals surface area (Å²) in [6.45, 7) is 0. The summed E-state index contributed by atoms with van der Waals surface area (Å²) in [6, 6.07) is 15.2. The summed E-state index contributed by atoms with van der Waals surface area (Å²) in [5, 5.41) is 8.39. The zero-order valence-corrected chi connectivity index (χ0v) is 16.5. The number of benzene rings is 2. The van der Waals surface area contributed by atoms with Gasteiger partial charge in [-0.15, -0.1) is 0 Å². The standard InChI is InChI=1S/C22H19ClN4O2/c1-29-17-8-4-14(5-9-17)21-20-18(26-22-24-12-25-27(21)22)10-15(11-19(20)28)13-2-6-16(23)7-3-13/h2-10,12,15,20-21H,11H2,1H3,(H,24,25,26)/t15-,20+,21+/m1/s1. The van der Waals surface area contributed by atoms with Crippen molar-refractivity contribution in [2.24, 2.45) is 5.92 Å². The zero-order chi connectivity index (χ0) is 20.0. The Balaban J connectivity index is 1.58. The first-order valence-corrected chi connectivity index (χ1v) is 9.82. The highest BCUT2D eigenvalue weighted by Gasteiger charge is 2.43. The number of carbonyl (C=O) groups excluding carboxylic acids is 1. The predicted octanol–water partition coefficient (Wildman–Crippen LogP) is 4.21. The van der Waals surface area contributed by atoms with E-state index in [4.69, 9.17) is 16.3 Å². The highest BCUT2D eigenvalue weighted by atomic mass is 35.5. The molecular weight excluding hydrogens is 388 g/mol. The monoisotopic (exact) mass is 406 g/mol. The molecule has 0 saturated heterocycles. The molecule has 2 aliphatic rings. The van der Waals surface area contributed by atoms with Crippen molar-refractivity contribution in [2.45, 2.75) is 18.4 Å². The molecule has 29 heavy (non-hydrogen) atoms. The van der Waals surface area contributed by atoms with Gasteiger partial charge in [0.1, 0.15) is 17.9 Å². The minimum atomic E-state index is -0.332. The Bertz CT molecular complexity index is 1090. The van der Waals surface area contributed by atoms with Crippen LogP contribution in [0.1, 0.15) is 29.5 Å². The molecule has 1 aliphatic carbocycles. The fourth-order valence-corrected chi connectivity index (χ4v) is 4.36. The van der Waals surface area contributed by atoms with Gasteiger partial charge in [0.15, 0.2) is 0 Å². The minimum Gasteiger partial charge on any atom is -0.497 e. The van der Waals surface area contributed by atoms with Crippen molar-refractivity contribution in [3.8, 4) is 5.75 Å². The summed E-state index contributed by atoms with van der Waals surface area (Å²) in [5.74, 6) is 1.26. The summed E-state index contributed by atoms with van der Waals surface area (Å²) in [4.78, 5) is 17.7. The smallest absolute Gasteiger partial charge is 0.226 e. The molecule has 0 spiro atoms. The maximum atomic E-state index is 13.3. The third kappa shape index (κ3) is 3.09. The van der Waals surface area contributed by atoms with Crippen LogP contribution in [0.25, 0.3) is 0 Å². The number of hydrogen-bond donors (Lipinski definition) is 1. The van der Waals surface area contributed by atoms with Crippen LogP contribution < -0.4 is 10.1 Å². The van der Waals surface area contributed by atoms with Gasteiger partial charge in [-0.3, -0.25) is 4.79 Å². The number of allylic oxidation sites excluding steroid dienone is 2. The number of hydrogen-bond acceptors (Lipinski definition) is 5. The molecule has 0 amide bonds. The molecule has 7 heteroatoms. The fraction of sp³-hybridized carbons (Fsp3) is 0.227. The van der Waals surface area contributed by atoms with Crippen LogP contribution in [0, 0.1) is 5.92 Å². The number of halogens is 1. The maximum absolute atomic E-state index is 13.3. The van der Waals surface area contributed by atoms with Gasteiger partial charge in [-0.25, -0.2) is 4.68 Å². The van der Waals surface area contributed by atoms with Crippen molar-refractivity contribution in [1.82, 2.24) is 14.8 Å². The molecule has 1 N–H and O–H groups in total. The number of Topliss-reactive ketones (excluding diaryl/α,β-unsaturated/α-hetero) is 1. The Labute approximate surface area is 173 Å². The van der Waals surface area contributed by atoms with Crippen LogP contribution in [0.15, 0.2) is 66.6 Å².